The van der Waals surface area contributed by atoms with Gasteiger partial charge in [-0.2, -0.15) is 0 Å². The minimum atomic E-state index is 0. The van der Waals surface area contributed by atoms with Crippen molar-refractivity contribution in [1.82, 2.24) is 5.32 Å². The Morgan fingerprint density at radius 3 is 2.67 bits per heavy atom. The van der Waals surface area contributed by atoms with E-state index in [4.69, 9.17) is 5.32 Å². The molecule has 2 atom stereocenters. The van der Waals surface area contributed by atoms with E-state index < -0.39 is 0 Å². The minimum absolute atomic E-state index is 0. The molecule has 15 heavy (non-hydrogen) atoms. The van der Waals surface area contributed by atoms with Crippen LogP contribution in [-0.4, -0.2) is 19.1 Å². The van der Waals surface area contributed by atoms with Gasteiger partial charge in [0.05, 0.1) is 0 Å². The summed E-state index contributed by atoms with van der Waals surface area (Å²) in [5.41, 5.74) is 1.32. The molecule has 76 valence electrons. The summed E-state index contributed by atoms with van der Waals surface area (Å²) in [6, 6.07) is 11.4. The van der Waals surface area contributed by atoms with Crippen LogP contribution in [0.4, 0.5) is 0 Å². The molecule has 0 bridgehead atoms. The average Bonchev–Trinajstić information content (AvgIpc) is 2.72. The summed E-state index contributed by atoms with van der Waals surface area (Å²) in [4.78, 5) is 0. The average molecular weight is 196 g/mol. The van der Waals surface area contributed by atoms with Crippen molar-refractivity contribution in [2.24, 2.45) is 0 Å². The van der Waals surface area contributed by atoms with Gasteiger partial charge in [0.25, 0.3) is 0 Å². The summed E-state index contributed by atoms with van der Waals surface area (Å²) in [7, 11) is 0. The summed E-state index contributed by atoms with van der Waals surface area (Å²) >= 11 is 0. The number of hydrogen-bond donors (Lipinski definition) is 1. The summed E-state index contributed by atoms with van der Waals surface area (Å²) in [6.45, 7) is 4.35. The van der Waals surface area contributed by atoms with E-state index in [0.29, 0.717) is 12.1 Å². The van der Waals surface area contributed by atoms with Gasteiger partial charge in [-0.15, -0.1) is 12.1 Å². The molecule has 1 aromatic carbocycles. The molecule has 0 amide bonds. The Kier molecular flexibility index (Phi) is 5.42. The Labute approximate surface area is 104 Å². The van der Waals surface area contributed by atoms with E-state index >= 15 is 0 Å². The van der Waals surface area contributed by atoms with E-state index in [-0.39, 0.29) is 18.9 Å². The normalized spacial score (nSPS) is 22.1. The summed E-state index contributed by atoms with van der Waals surface area (Å²) < 4.78 is 0. The van der Waals surface area contributed by atoms with E-state index in [1.54, 1.807) is 0 Å². The predicted molar refractivity (Wildman–Crippen MR) is 59.5 cm³/mol. The first-order chi connectivity index (χ1) is 6.86. The minimum Gasteiger partial charge on any atom is -0.652 e. The van der Waals surface area contributed by atoms with Gasteiger partial charge in [0.1, 0.15) is 0 Å². The third-order valence-electron chi connectivity index (χ3n) is 2.75. The predicted octanol–water partition coefficient (Wildman–Crippen LogP) is -0.513. The number of nitrogens with one attached hydrogen (secondary N) is 1. The zero-order chi connectivity index (χ0) is 9.80. The second-order valence-electron chi connectivity index (χ2n) is 3.88. The molecular formula is C12H17LiN2. The second kappa shape index (κ2) is 6.35. The van der Waals surface area contributed by atoms with Gasteiger partial charge in [-0.25, -0.2) is 0 Å². The maximum absolute atomic E-state index is 4.78. The zero-order valence-electron chi connectivity index (χ0n) is 9.61. The Hall–Kier alpha value is -0.263. The summed E-state index contributed by atoms with van der Waals surface area (Å²) in [5.74, 6) is 0. The quantitative estimate of drug-likeness (QED) is 0.647. The van der Waals surface area contributed by atoms with E-state index in [2.05, 4.69) is 36.5 Å². The van der Waals surface area contributed by atoms with Gasteiger partial charge in [-0.1, -0.05) is 49.2 Å². The van der Waals surface area contributed by atoms with Crippen LogP contribution in [0.15, 0.2) is 30.3 Å². The smallest absolute Gasteiger partial charge is 0.652 e. The van der Waals surface area contributed by atoms with E-state index in [1.807, 2.05) is 6.07 Å². The number of benzene rings is 1. The maximum Gasteiger partial charge on any atom is 1.00 e. The number of rotatable bonds is 3. The molecule has 0 radical (unpaired) electrons. The molecule has 2 rings (SSSR count). The molecule has 1 fully saturated rings. The van der Waals surface area contributed by atoms with Crippen molar-refractivity contribution in [2.75, 3.05) is 13.1 Å². The molecule has 1 aliphatic heterocycles. The third-order valence-corrected chi connectivity index (χ3v) is 2.75. The fourth-order valence-corrected chi connectivity index (χ4v) is 1.90. The second-order valence-corrected chi connectivity index (χ2v) is 3.88. The first-order valence-electron chi connectivity index (χ1n) is 5.32. The van der Waals surface area contributed by atoms with Crippen LogP contribution in [0.5, 0.6) is 0 Å². The standard InChI is InChI=1S/C12H17N2.Li/c1-10(11-5-3-2-4-6-11)14-12-7-8-13-9-12;/h2-6,10,12-13H,7-9H2,1H3;/q-1;+1/t10-,12-;/m0./s1. The van der Waals surface area contributed by atoms with Crippen LogP contribution in [0, 0.1) is 0 Å². The van der Waals surface area contributed by atoms with Crippen molar-refractivity contribution < 1.29 is 18.9 Å². The SMILES string of the molecule is C[C@H]([N-][C@H]1CCNC1)c1ccccc1.[Li+]. The van der Waals surface area contributed by atoms with Gasteiger partial charge in [0.15, 0.2) is 0 Å². The van der Waals surface area contributed by atoms with Crippen molar-refractivity contribution in [3.05, 3.63) is 41.2 Å². The Morgan fingerprint density at radius 1 is 1.33 bits per heavy atom. The fraction of sp³-hybridized carbons (Fsp3) is 0.500. The number of nitrogens with zero attached hydrogens (tertiary/aromatic N) is 1. The molecule has 0 saturated carbocycles. The van der Waals surface area contributed by atoms with Crippen LogP contribution < -0.4 is 24.2 Å². The summed E-state index contributed by atoms with van der Waals surface area (Å²) in [5, 5.41) is 8.12. The van der Waals surface area contributed by atoms with Gasteiger partial charge < -0.3 is 10.6 Å². The first kappa shape index (κ1) is 12.8. The molecule has 0 aromatic heterocycles. The summed E-state index contributed by atoms with van der Waals surface area (Å²) in [6.07, 6.45) is 1.19. The van der Waals surface area contributed by atoms with Gasteiger partial charge in [-0.3, -0.25) is 0 Å². The van der Waals surface area contributed by atoms with Crippen LogP contribution in [0.1, 0.15) is 24.9 Å². The molecule has 1 N–H and O–H groups in total. The van der Waals surface area contributed by atoms with Crippen LogP contribution in [0.25, 0.3) is 5.32 Å². The van der Waals surface area contributed by atoms with Gasteiger partial charge in [-0.05, 0) is 13.1 Å². The Morgan fingerprint density at radius 2 is 2.07 bits per heavy atom. The van der Waals surface area contributed by atoms with Gasteiger partial charge >= 0.3 is 18.9 Å². The first-order valence-corrected chi connectivity index (χ1v) is 5.32. The molecule has 1 saturated heterocycles. The molecule has 0 spiro atoms. The van der Waals surface area contributed by atoms with Crippen molar-refractivity contribution in [3.8, 4) is 0 Å². The Balaban J connectivity index is 0.00000112. The molecule has 1 heterocycles. The molecule has 2 nitrogen and oxygen atoms in total. The monoisotopic (exact) mass is 196 g/mol. The van der Waals surface area contributed by atoms with Gasteiger partial charge in [0, 0.05) is 0 Å². The fourth-order valence-electron chi connectivity index (χ4n) is 1.90. The molecule has 3 heteroatoms. The maximum atomic E-state index is 4.78. The van der Waals surface area contributed by atoms with E-state index in [1.165, 1.54) is 12.0 Å². The largest absolute Gasteiger partial charge is 1.00 e. The van der Waals surface area contributed by atoms with E-state index in [9.17, 15) is 0 Å². The van der Waals surface area contributed by atoms with Crippen molar-refractivity contribution >= 4 is 0 Å². The van der Waals surface area contributed by atoms with Crippen molar-refractivity contribution in [1.29, 1.82) is 0 Å². The molecule has 0 aliphatic carbocycles. The number of hydrogen-bond acceptors (Lipinski definition) is 1. The third kappa shape index (κ3) is 3.66. The zero-order valence-corrected chi connectivity index (χ0v) is 9.61. The van der Waals surface area contributed by atoms with E-state index in [0.717, 1.165) is 13.1 Å². The molecule has 1 aliphatic rings. The molecule has 0 unspecified atom stereocenters. The van der Waals surface area contributed by atoms with Crippen LogP contribution in [-0.2, 0) is 0 Å². The van der Waals surface area contributed by atoms with Gasteiger partial charge in [0.2, 0.25) is 0 Å². The van der Waals surface area contributed by atoms with Crippen LogP contribution in [0.3, 0.4) is 0 Å². The molecule has 1 aromatic rings. The van der Waals surface area contributed by atoms with Crippen LogP contribution in [0.2, 0.25) is 0 Å². The van der Waals surface area contributed by atoms with Crippen LogP contribution >= 0.6 is 0 Å². The topological polar surface area (TPSA) is 26.1 Å². The van der Waals surface area contributed by atoms with Crippen molar-refractivity contribution in [2.45, 2.75) is 25.4 Å². The Bertz CT molecular complexity index is 270. The van der Waals surface area contributed by atoms with Crippen molar-refractivity contribution in [3.63, 3.8) is 0 Å². The molecular weight excluding hydrogens is 179 g/mol.